The summed E-state index contributed by atoms with van der Waals surface area (Å²) in [6, 6.07) is 0. The van der Waals surface area contributed by atoms with Crippen LogP contribution in [0, 0.1) is 0 Å². The van der Waals surface area contributed by atoms with E-state index in [9.17, 15) is 0 Å². The van der Waals surface area contributed by atoms with Gasteiger partial charge in [-0.1, -0.05) is 6.58 Å². The Labute approximate surface area is 38.6 Å². The lowest BCUT2D eigenvalue weighted by Crippen LogP contribution is -1.93. The number of ether oxygens (including phenoxy) is 1. The fourth-order valence-corrected chi connectivity index (χ4v) is 0.192. The molecule has 0 aliphatic heterocycles. The van der Waals surface area contributed by atoms with E-state index in [1.165, 1.54) is 6.26 Å². The van der Waals surface area contributed by atoms with Crippen molar-refractivity contribution < 1.29 is 4.74 Å². The Morgan fingerprint density at radius 3 is 2.17 bits per heavy atom. The predicted molar refractivity (Wildman–Crippen MR) is 26.4 cm³/mol. The van der Waals surface area contributed by atoms with Crippen molar-refractivity contribution in [1.29, 1.82) is 0 Å². The molecule has 0 aromatic heterocycles. The topological polar surface area (TPSA) is 9.23 Å². The van der Waals surface area contributed by atoms with Crippen LogP contribution < -0.4 is 0 Å². The van der Waals surface area contributed by atoms with Gasteiger partial charge in [-0.3, -0.25) is 0 Å². The van der Waals surface area contributed by atoms with E-state index in [0.717, 1.165) is 0 Å². The van der Waals surface area contributed by atoms with Gasteiger partial charge in [0.25, 0.3) is 0 Å². The molecule has 1 nitrogen and oxygen atoms in total. The lowest BCUT2D eigenvalue weighted by atomic mass is 10.5. The first-order valence-corrected chi connectivity index (χ1v) is 2.03. The van der Waals surface area contributed by atoms with Crippen LogP contribution in [-0.2, 0) is 4.74 Å². The zero-order valence-electron chi connectivity index (χ0n) is 4.27. The smallest absolute Gasteiger partial charge is 0.0922 e. The summed E-state index contributed by atoms with van der Waals surface area (Å²) >= 11 is 0. The number of hydrogen-bond donors (Lipinski definition) is 0. The maximum atomic E-state index is 4.81. The molecule has 0 bridgehead atoms. The van der Waals surface area contributed by atoms with E-state index in [2.05, 4.69) is 6.58 Å². The van der Waals surface area contributed by atoms with Crippen molar-refractivity contribution in [3.05, 3.63) is 12.8 Å². The van der Waals surface area contributed by atoms with Crippen LogP contribution in [0.1, 0.15) is 13.8 Å². The Balaban J connectivity index is 2.81. The summed E-state index contributed by atoms with van der Waals surface area (Å²) in [7, 11) is 0. The molecular formula is C5H10O. The van der Waals surface area contributed by atoms with E-state index in [1.54, 1.807) is 0 Å². The van der Waals surface area contributed by atoms with Gasteiger partial charge < -0.3 is 4.74 Å². The second-order valence-electron chi connectivity index (χ2n) is 1.35. The minimum Gasteiger partial charge on any atom is -0.499 e. The van der Waals surface area contributed by atoms with Crippen LogP contribution in [0.3, 0.4) is 0 Å². The van der Waals surface area contributed by atoms with E-state index < -0.39 is 0 Å². The quantitative estimate of drug-likeness (QED) is 0.463. The number of rotatable bonds is 2. The van der Waals surface area contributed by atoms with Crippen molar-refractivity contribution in [2.75, 3.05) is 0 Å². The van der Waals surface area contributed by atoms with Gasteiger partial charge in [0.05, 0.1) is 12.4 Å². The van der Waals surface area contributed by atoms with Crippen molar-refractivity contribution in [2.45, 2.75) is 20.0 Å². The van der Waals surface area contributed by atoms with E-state index in [1.807, 2.05) is 13.8 Å². The minimum absolute atomic E-state index is 0.280. The van der Waals surface area contributed by atoms with Crippen molar-refractivity contribution in [1.82, 2.24) is 0 Å². The normalized spacial score (nSPS) is 8.50. The third kappa shape index (κ3) is 3.54. The van der Waals surface area contributed by atoms with Gasteiger partial charge in [0.1, 0.15) is 0 Å². The molecule has 0 amide bonds. The van der Waals surface area contributed by atoms with Gasteiger partial charge in [-0.2, -0.15) is 0 Å². The van der Waals surface area contributed by atoms with Crippen LogP contribution in [0.5, 0.6) is 0 Å². The molecule has 0 aromatic rings. The minimum atomic E-state index is 0.280. The molecule has 0 saturated heterocycles. The Morgan fingerprint density at radius 2 is 2.17 bits per heavy atom. The average molecular weight is 86.1 g/mol. The van der Waals surface area contributed by atoms with E-state index in [4.69, 9.17) is 4.74 Å². The summed E-state index contributed by atoms with van der Waals surface area (Å²) in [5, 5.41) is 0. The van der Waals surface area contributed by atoms with Gasteiger partial charge in [0.15, 0.2) is 0 Å². The molecule has 1 heteroatoms. The van der Waals surface area contributed by atoms with Crippen LogP contribution in [0.2, 0.25) is 0 Å². The van der Waals surface area contributed by atoms with Gasteiger partial charge in [-0.05, 0) is 13.8 Å². The largest absolute Gasteiger partial charge is 0.499 e. The first-order valence-electron chi connectivity index (χ1n) is 2.03. The third-order valence-electron chi connectivity index (χ3n) is 0.368. The van der Waals surface area contributed by atoms with Crippen LogP contribution in [0.25, 0.3) is 0 Å². The lowest BCUT2D eigenvalue weighted by molar-refractivity contribution is 0.180. The molecule has 0 atom stereocenters. The highest BCUT2D eigenvalue weighted by atomic mass is 16.5. The molecule has 0 saturated carbocycles. The standard InChI is InChI=1S/C5H10O/c1-4-6-5(2)3/h4-5H,1H2,2-3H3. The Morgan fingerprint density at radius 1 is 1.67 bits per heavy atom. The predicted octanol–water partition coefficient (Wildman–Crippen LogP) is 1.55. The Bertz CT molecular complexity index is 39.2. The van der Waals surface area contributed by atoms with Gasteiger partial charge in [0, 0.05) is 0 Å². The highest BCUT2D eigenvalue weighted by molar-refractivity contribution is 4.50. The Hall–Kier alpha value is -0.460. The highest BCUT2D eigenvalue weighted by Crippen LogP contribution is 1.83. The molecule has 0 aliphatic carbocycles. The maximum absolute atomic E-state index is 4.81. The van der Waals surface area contributed by atoms with Crippen LogP contribution in [-0.4, -0.2) is 6.10 Å². The molecule has 0 heterocycles. The fraction of sp³-hybridized carbons (Fsp3) is 0.600. The third-order valence-corrected chi connectivity index (χ3v) is 0.368. The van der Waals surface area contributed by atoms with Crippen LogP contribution >= 0.6 is 0 Å². The molecule has 0 rings (SSSR count). The molecule has 0 spiro atoms. The molecule has 0 radical (unpaired) electrons. The molecule has 36 valence electrons. The van der Waals surface area contributed by atoms with Crippen molar-refractivity contribution >= 4 is 0 Å². The van der Waals surface area contributed by atoms with Gasteiger partial charge >= 0.3 is 0 Å². The summed E-state index contributed by atoms with van der Waals surface area (Å²) in [6.45, 7) is 7.30. The summed E-state index contributed by atoms with van der Waals surface area (Å²) in [4.78, 5) is 0. The number of hydrogen-bond acceptors (Lipinski definition) is 1. The first kappa shape index (κ1) is 5.54. The van der Waals surface area contributed by atoms with Crippen molar-refractivity contribution in [3.63, 3.8) is 0 Å². The molecule has 0 unspecified atom stereocenters. The first-order chi connectivity index (χ1) is 2.77. The van der Waals surface area contributed by atoms with Gasteiger partial charge in [-0.15, -0.1) is 0 Å². The zero-order valence-corrected chi connectivity index (χ0v) is 4.27. The second-order valence-corrected chi connectivity index (χ2v) is 1.35. The van der Waals surface area contributed by atoms with E-state index in [-0.39, 0.29) is 6.10 Å². The van der Waals surface area contributed by atoms with Crippen molar-refractivity contribution in [3.8, 4) is 0 Å². The van der Waals surface area contributed by atoms with Crippen LogP contribution in [0.15, 0.2) is 12.8 Å². The molecule has 0 aliphatic rings. The summed E-state index contributed by atoms with van der Waals surface area (Å²) in [6.07, 6.45) is 1.73. The van der Waals surface area contributed by atoms with E-state index in [0.29, 0.717) is 0 Å². The highest BCUT2D eigenvalue weighted by Gasteiger charge is 1.81. The van der Waals surface area contributed by atoms with E-state index >= 15 is 0 Å². The summed E-state index contributed by atoms with van der Waals surface area (Å²) < 4.78 is 4.81. The Kier molecular flexibility index (Phi) is 2.55. The lowest BCUT2D eigenvalue weighted by Gasteiger charge is -1.99. The fourth-order valence-electron chi connectivity index (χ4n) is 0.192. The summed E-state index contributed by atoms with van der Waals surface area (Å²) in [5.74, 6) is 0. The molecule has 6 heavy (non-hydrogen) atoms. The maximum Gasteiger partial charge on any atom is 0.0922 e. The SMILES string of the molecule is C=COC(C)C. The molecular weight excluding hydrogens is 76.1 g/mol. The van der Waals surface area contributed by atoms with Crippen molar-refractivity contribution in [2.24, 2.45) is 0 Å². The van der Waals surface area contributed by atoms with Gasteiger partial charge in [0.2, 0.25) is 0 Å². The average Bonchev–Trinajstić information content (AvgIpc) is 1.35. The van der Waals surface area contributed by atoms with Crippen LogP contribution in [0.4, 0.5) is 0 Å². The van der Waals surface area contributed by atoms with Gasteiger partial charge in [-0.25, -0.2) is 0 Å². The summed E-state index contributed by atoms with van der Waals surface area (Å²) in [5.41, 5.74) is 0. The molecule has 0 fully saturated rings. The monoisotopic (exact) mass is 86.1 g/mol. The second kappa shape index (κ2) is 2.76. The molecule has 0 N–H and O–H groups in total. The molecule has 0 aromatic carbocycles. The zero-order chi connectivity index (χ0) is 4.99.